The molecular formula is C18H15NO2. The van der Waals surface area contributed by atoms with Crippen LogP contribution in [0.3, 0.4) is 0 Å². The van der Waals surface area contributed by atoms with Crippen LogP contribution in [-0.4, -0.2) is 16.1 Å². The molecule has 1 aromatic heterocycles. The van der Waals surface area contributed by atoms with Gasteiger partial charge in [0.1, 0.15) is 0 Å². The first-order valence-corrected chi connectivity index (χ1v) is 6.76. The van der Waals surface area contributed by atoms with E-state index in [2.05, 4.69) is 4.98 Å². The Kier molecular flexibility index (Phi) is 3.18. The molecule has 0 amide bonds. The van der Waals surface area contributed by atoms with Gasteiger partial charge in [-0.1, -0.05) is 24.3 Å². The number of hydrogen-bond donors (Lipinski definition) is 1. The number of carboxylic acids is 1. The van der Waals surface area contributed by atoms with Crippen LogP contribution in [0, 0.1) is 13.8 Å². The van der Waals surface area contributed by atoms with Crippen LogP contribution in [0.25, 0.3) is 22.0 Å². The average molecular weight is 277 g/mol. The highest BCUT2D eigenvalue weighted by Crippen LogP contribution is 2.31. The normalized spacial score (nSPS) is 10.8. The molecular weight excluding hydrogens is 262 g/mol. The monoisotopic (exact) mass is 277 g/mol. The Hall–Kier alpha value is -2.68. The molecule has 0 radical (unpaired) electrons. The quantitative estimate of drug-likeness (QED) is 0.763. The van der Waals surface area contributed by atoms with Crippen molar-refractivity contribution >= 4 is 16.9 Å². The zero-order valence-electron chi connectivity index (χ0n) is 11.9. The summed E-state index contributed by atoms with van der Waals surface area (Å²) in [5, 5.41) is 10.4. The van der Waals surface area contributed by atoms with E-state index in [9.17, 15) is 9.90 Å². The lowest BCUT2D eigenvalue weighted by Gasteiger charge is -2.12. The van der Waals surface area contributed by atoms with Gasteiger partial charge in [-0.15, -0.1) is 0 Å². The van der Waals surface area contributed by atoms with E-state index in [1.807, 2.05) is 50.2 Å². The van der Waals surface area contributed by atoms with Gasteiger partial charge in [0.15, 0.2) is 0 Å². The summed E-state index contributed by atoms with van der Waals surface area (Å²) < 4.78 is 0. The van der Waals surface area contributed by atoms with Crippen molar-refractivity contribution in [2.24, 2.45) is 0 Å². The van der Waals surface area contributed by atoms with Crippen LogP contribution in [0.4, 0.5) is 0 Å². The Morgan fingerprint density at radius 3 is 2.57 bits per heavy atom. The fourth-order valence-corrected chi connectivity index (χ4v) is 2.71. The van der Waals surface area contributed by atoms with E-state index in [-0.39, 0.29) is 0 Å². The molecule has 1 heterocycles. The third-order valence-electron chi connectivity index (χ3n) is 3.74. The first-order chi connectivity index (χ1) is 10.1. The van der Waals surface area contributed by atoms with Crippen molar-refractivity contribution in [1.82, 2.24) is 4.98 Å². The highest BCUT2D eigenvalue weighted by Gasteiger charge is 2.13. The number of fused-ring (bicyclic) bond motifs is 1. The predicted octanol–water partition coefficient (Wildman–Crippen LogP) is 4.22. The molecule has 104 valence electrons. The van der Waals surface area contributed by atoms with Crippen molar-refractivity contribution in [2.45, 2.75) is 13.8 Å². The lowest BCUT2D eigenvalue weighted by atomic mass is 9.93. The minimum Gasteiger partial charge on any atom is -0.478 e. The van der Waals surface area contributed by atoms with E-state index in [4.69, 9.17) is 0 Å². The third-order valence-corrected chi connectivity index (χ3v) is 3.74. The number of aromatic carboxylic acids is 1. The van der Waals surface area contributed by atoms with Crippen LogP contribution in [0.1, 0.15) is 21.5 Å². The standard InChI is InChI=1S/C18H15NO2/c1-11-9-12(2)16(18(20)21)10-15(11)13-5-3-7-17-14(13)6-4-8-19-17/h3-10H,1-2H3,(H,20,21). The van der Waals surface area contributed by atoms with Gasteiger partial charge >= 0.3 is 5.97 Å². The van der Waals surface area contributed by atoms with E-state index in [0.717, 1.165) is 33.2 Å². The molecule has 0 aliphatic rings. The number of aromatic nitrogens is 1. The Morgan fingerprint density at radius 1 is 1.00 bits per heavy atom. The molecule has 0 unspecified atom stereocenters. The molecule has 0 saturated carbocycles. The van der Waals surface area contributed by atoms with Gasteiger partial charge in [0, 0.05) is 11.6 Å². The molecule has 3 nitrogen and oxygen atoms in total. The van der Waals surface area contributed by atoms with E-state index in [1.165, 1.54) is 0 Å². The summed E-state index contributed by atoms with van der Waals surface area (Å²) in [5.41, 5.74) is 5.05. The van der Waals surface area contributed by atoms with Crippen molar-refractivity contribution < 1.29 is 9.90 Å². The number of carbonyl (C=O) groups is 1. The first kappa shape index (κ1) is 13.3. The number of pyridine rings is 1. The Balaban J connectivity index is 2.33. The van der Waals surface area contributed by atoms with Crippen molar-refractivity contribution in [1.29, 1.82) is 0 Å². The fraction of sp³-hybridized carbons (Fsp3) is 0.111. The topological polar surface area (TPSA) is 50.2 Å². The molecule has 2 aromatic carbocycles. The molecule has 3 heteroatoms. The van der Waals surface area contributed by atoms with Gasteiger partial charge in [0.05, 0.1) is 11.1 Å². The van der Waals surface area contributed by atoms with Crippen molar-refractivity contribution in [3.63, 3.8) is 0 Å². The van der Waals surface area contributed by atoms with Gasteiger partial charge in [0.2, 0.25) is 0 Å². The molecule has 21 heavy (non-hydrogen) atoms. The van der Waals surface area contributed by atoms with Crippen LogP contribution in [-0.2, 0) is 0 Å². The molecule has 0 fully saturated rings. The van der Waals surface area contributed by atoms with E-state index in [1.54, 1.807) is 12.3 Å². The Labute approximate surface area is 122 Å². The zero-order chi connectivity index (χ0) is 15.0. The second-order valence-electron chi connectivity index (χ2n) is 5.16. The van der Waals surface area contributed by atoms with Gasteiger partial charge in [-0.3, -0.25) is 4.98 Å². The van der Waals surface area contributed by atoms with Crippen LogP contribution in [0.2, 0.25) is 0 Å². The van der Waals surface area contributed by atoms with Crippen LogP contribution in [0.15, 0.2) is 48.7 Å². The number of benzene rings is 2. The smallest absolute Gasteiger partial charge is 0.335 e. The number of hydrogen-bond acceptors (Lipinski definition) is 2. The fourth-order valence-electron chi connectivity index (χ4n) is 2.71. The SMILES string of the molecule is Cc1cc(C)c(-c2cccc3ncccc23)cc1C(=O)O. The van der Waals surface area contributed by atoms with Gasteiger partial charge in [-0.2, -0.15) is 0 Å². The Bertz CT molecular complexity index is 848. The number of carboxylic acid groups (broad SMARTS) is 1. The number of nitrogens with zero attached hydrogens (tertiary/aromatic N) is 1. The summed E-state index contributed by atoms with van der Waals surface area (Å²) >= 11 is 0. The summed E-state index contributed by atoms with van der Waals surface area (Å²) in [7, 11) is 0. The van der Waals surface area contributed by atoms with Gasteiger partial charge in [0.25, 0.3) is 0 Å². The van der Waals surface area contributed by atoms with Crippen molar-refractivity contribution in [3.8, 4) is 11.1 Å². The second-order valence-corrected chi connectivity index (χ2v) is 5.16. The lowest BCUT2D eigenvalue weighted by molar-refractivity contribution is 0.0696. The lowest BCUT2D eigenvalue weighted by Crippen LogP contribution is -2.01. The molecule has 0 atom stereocenters. The van der Waals surface area contributed by atoms with E-state index < -0.39 is 5.97 Å². The highest BCUT2D eigenvalue weighted by atomic mass is 16.4. The highest BCUT2D eigenvalue weighted by molar-refractivity contribution is 5.98. The van der Waals surface area contributed by atoms with E-state index in [0.29, 0.717) is 5.56 Å². The minimum absolute atomic E-state index is 0.344. The summed E-state index contributed by atoms with van der Waals surface area (Å²) in [6.07, 6.45) is 1.76. The van der Waals surface area contributed by atoms with Gasteiger partial charge < -0.3 is 5.11 Å². The minimum atomic E-state index is -0.896. The van der Waals surface area contributed by atoms with Crippen molar-refractivity contribution in [3.05, 3.63) is 65.4 Å². The molecule has 0 bridgehead atoms. The molecule has 3 aromatic rings. The molecule has 0 aliphatic carbocycles. The number of rotatable bonds is 2. The maximum Gasteiger partial charge on any atom is 0.335 e. The maximum absolute atomic E-state index is 11.4. The van der Waals surface area contributed by atoms with Crippen LogP contribution < -0.4 is 0 Å². The predicted molar refractivity (Wildman–Crippen MR) is 83.6 cm³/mol. The molecule has 1 N–H and O–H groups in total. The van der Waals surface area contributed by atoms with Gasteiger partial charge in [-0.05, 0) is 54.3 Å². The molecule has 0 aliphatic heterocycles. The maximum atomic E-state index is 11.4. The summed E-state index contributed by atoms with van der Waals surface area (Å²) in [6.45, 7) is 3.83. The number of aryl methyl sites for hydroxylation is 2. The summed E-state index contributed by atoms with van der Waals surface area (Å²) in [4.78, 5) is 15.7. The van der Waals surface area contributed by atoms with Crippen molar-refractivity contribution in [2.75, 3.05) is 0 Å². The second kappa shape index (κ2) is 5.02. The molecule has 0 spiro atoms. The molecule has 3 rings (SSSR count). The summed E-state index contributed by atoms with van der Waals surface area (Å²) in [6, 6.07) is 13.5. The van der Waals surface area contributed by atoms with E-state index >= 15 is 0 Å². The Morgan fingerprint density at radius 2 is 1.81 bits per heavy atom. The average Bonchev–Trinajstić information content (AvgIpc) is 2.46. The van der Waals surface area contributed by atoms with Gasteiger partial charge in [-0.25, -0.2) is 4.79 Å². The zero-order valence-corrected chi connectivity index (χ0v) is 11.9. The largest absolute Gasteiger partial charge is 0.478 e. The summed E-state index contributed by atoms with van der Waals surface area (Å²) in [5.74, 6) is -0.896. The van der Waals surface area contributed by atoms with Crippen LogP contribution in [0.5, 0.6) is 0 Å². The molecule has 0 saturated heterocycles. The first-order valence-electron chi connectivity index (χ1n) is 6.76. The third kappa shape index (κ3) is 2.27. The van der Waals surface area contributed by atoms with Crippen LogP contribution >= 0.6 is 0 Å².